The van der Waals surface area contributed by atoms with Gasteiger partial charge in [-0.25, -0.2) is 4.79 Å². The van der Waals surface area contributed by atoms with Crippen LogP contribution in [0.15, 0.2) is 6.20 Å². The first kappa shape index (κ1) is 17.5. The number of hydrogen-bond acceptors (Lipinski definition) is 5. The molecule has 0 unspecified atom stereocenters. The molecule has 0 aliphatic carbocycles. The highest BCUT2D eigenvalue weighted by Crippen LogP contribution is 2.33. The average Bonchev–Trinajstić information content (AvgIpc) is 2.93. The van der Waals surface area contributed by atoms with E-state index in [-0.39, 0.29) is 19.1 Å². The van der Waals surface area contributed by atoms with Gasteiger partial charge in [0, 0.05) is 4.88 Å². The molecule has 2 rings (SSSR count). The molecule has 124 valence electrons. The summed E-state index contributed by atoms with van der Waals surface area (Å²) >= 11 is 7.28. The number of aromatic nitrogens is 2. The zero-order valence-electron chi connectivity index (χ0n) is 13.4. The Labute approximate surface area is 143 Å². The van der Waals surface area contributed by atoms with Gasteiger partial charge in [-0.3, -0.25) is 9.48 Å². The number of thiophene rings is 1. The molecule has 1 N–H and O–H groups in total. The third-order valence-electron chi connectivity index (χ3n) is 3.45. The number of ether oxygens (including phenoxy) is 1. The molecule has 23 heavy (non-hydrogen) atoms. The summed E-state index contributed by atoms with van der Waals surface area (Å²) in [7, 11) is 0. The Balaban J connectivity index is 2.19. The third-order valence-corrected chi connectivity index (χ3v) is 4.95. The van der Waals surface area contributed by atoms with Crippen LogP contribution in [0, 0.1) is 20.8 Å². The number of nitrogens with zero attached hydrogens (tertiary/aromatic N) is 2. The monoisotopic (exact) mass is 355 g/mol. The summed E-state index contributed by atoms with van der Waals surface area (Å²) in [5.41, 5.74) is 1.95. The van der Waals surface area contributed by atoms with Gasteiger partial charge >= 0.3 is 5.97 Å². The van der Waals surface area contributed by atoms with Gasteiger partial charge in [0.1, 0.15) is 11.5 Å². The predicted molar refractivity (Wildman–Crippen MR) is 90.4 cm³/mol. The molecule has 1 amide bonds. The topological polar surface area (TPSA) is 73.2 Å². The first-order valence-corrected chi connectivity index (χ1v) is 8.29. The van der Waals surface area contributed by atoms with Gasteiger partial charge in [0.25, 0.3) is 0 Å². The van der Waals surface area contributed by atoms with Crippen molar-refractivity contribution in [3.8, 4) is 0 Å². The number of aryl methyl sites for hydroxylation is 1. The van der Waals surface area contributed by atoms with E-state index in [2.05, 4.69) is 10.4 Å². The minimum atomic E-state index is -0.428. The van der Waals surface area contributed by atoms with Crippen LogP contribution in [-0.2, 0) is 16.1 Å². The predicted octanol–water partition coefficient (Wildman–Crippen LogP) is 3.34. The summed E-state index contributed by atoms with van der Waals surface area (Å²) in [6.07, 6.45) is 1.49. The van der Waals surface area contributed by atoms with E-state index in [1.807, 2.05) is 13.8 Å². The van der Waals surface area contributed by atoms with Crippen LogP contribution in [0.2, 0.25) is 5.02 Å². The highest BCUT2D eigenvalue weighted by Gasteiger charge is 2.22. The molecule has 0 aromatic carbocycles. The fraction of sp³-hybridized carbons (Fsp3) is 0.400. The Morgan fingerprint density at radius 1 is 1.39 bits per heavy atom. The molecule has 0 atom stereocenters. The Morgan fingerprint density at radius 3 is 2.65 bits per heavy atom. The van der Waals surface area contributed by atoms with Crippen molar-refractivity contribution < 1.29 is 14.3 Å². The van der Waals surface area contributed by atoms with Gasteiger partial charge in [0.15, 0.2) is 0 Å². The molecular formula is C15H18ClN3O3S. The molecule has 0 bridgehead atoms. The van der Waals surface area contributed by atoms with Crippen molar-refractivity contribution in [2.45, 2.75) is 34.2 Å². The molecule has 0 spiro atoms. The number of esters is 1. The fourth-order valence-corrected chi connectivity index (χ4v) is 3.26. The number of amides is 1. The van der Waals surface area contributed by atoms with Gasteiger partial charge in [-0.2, -0.15) is 5.10 Å². The number of nitrogens with one attached hydrogen (secondary N) is 1. The Kier molecular flexibility index (Phi) is 5.43. The van der Waals surface area contributed by atoms with E-state index in [1.165, 1.54) is 22.2 Å². The lowest BCUT2D eigenvalue weighted by Gasteiger charge is -2.08. The van der Waals surface area contributed by atoms with Crippen molar-refractivity contribution in [1.82, 2.24) is 9.78 Å². The number of rotatable bonds is 5. The average molecular weight is 356 g/mol. The summed E-state index contributed by atoms with van der Waals surface area (Å²) in [6.45, 7) is 7.57. The van der Waals surface area contributed by atoms with Crippen LogP contribution in [-0.4, -0.2) is 28.3 Å². The van der Waals surface area contributed by atoms with Crippen LogP contribution in [0.3, 0.4) is 0 Å². The van der Waals surface area contributed by atoms with Gasteiger partial charge in [-0.1, -0.05) is 11.6 Å². The molecule has 0 aliphatic rings. The van der Waals surface area contributed by atoms with Crippen LogP contribution >= 0.6 is 22.9 Å². The van der Waals surface area contributed by atoms with Crippen molar-refractivity contribution >= 4 is 39.8 Å². The number of anilines is 1. The number of carbonyl (C=O) groups is 2. The summed E-state index contributed by atoms with van der Waals surface area (Å²) in [6, 6.07) is 0. The number of hydrogen-bond donors (Lipinski definition) is 1. The normalized spacial score (nSPS) is 10.7. The van der Waals surface area contributed by atoms with Gasteiger partial charge in [0.2, 0.25) is 5.91 Å². The van der Waals surface area contributed by atoms with Crippen LogP contribution < -0.4 is 5.32 Å². The Hall–Kier alpha value is -1.86. The van der Waals surface area contributed by atoms with Gasteiger partial charge in [-0.05, 0) is 33.3 Å². The molecule has 2 aromatic heterocycles. The maximum atomic E-state index is 12.2. The minimum absolute atomic E-state index is 0.0246. The van der Waals surface area contributed by atoms with Crippen molar-refractivity contribution in [1.29, 1.82) is 0 Å². The molecule has 2 heterocycles. The van der Waals surface area contributed by atoms with Crippen molar-refractivity contribution in [2.75, 3.05) is 11.9 Å². The van der Waals surface area contributed by atoms with E-state index in [0.29, 0.717) is 21.3 Å². The first-order chi connectivity index (χ1) is 10.8. The van der Waals surface area contributed by atoms with E-state index in [4.69, 9.17) is 16.3 Å². The van der Waals surface area contributed by atoms with Crippen LogP contribution in [0.5, 0.6) is 0 Å². The standard InChI is InChI=1S/C15H18ClN3O3S/c1-5-22-15(21)13-8(2)10(4)23-14(13)18-12(20)7-19-9(3)11(16)6-17-19/h6H,5,7H2,1-4H3,(H,18,20). The SMILES string of the molecule is CCOC(=O)c1c(NC(=O)Cn2ncc(Cl)c2C)sc(C)c1C. The highest BCUT2D eigenvalue weighted by molar-refractivity contribution is 7.16. The molecule has 0 saturated carbocycles. The maximum Gasteiger partial charge on any atom is 0.341 e. The van der Waals surface area contributed by atoms with E-state index < -0.39 is 5.97 Å². The lowest BCUT2D eigenvalue weighted by molar-refractivity contribution is -0.116. The van der Waals surface area contributed by atoms with Crippen molar-refractivity contribution in [2.24, 2.45) is 0 Å². The van der Waals surface area contributed by atoms with Crippen LogP contribution in [0.25, 0.3) is 0 Å². The summed E-state index contributed by atoms with van der Waals surface area (Å²) in [5.74, 6) is -0.706. The Bertz CT molecular complexity index is 751. The van der Waals surface area contributed by atoms with E-state index in [1.54, 1.807) is 13.8 Å². The molecule has 0 radical (unpaired) electrons. The summed E-state index contributed by atoms with van der Waals surface area (Å²) in [5, 5.41) is 7.82. The summed E-state index contributed by atoms with van der Waals surface area (Å²) < 4.78 is 6.58. The van der Waals surface area contributed by atoms with Crippen LogP contribution in [0.4, 0.5) is 5.00 Å². The third kappa shape index (κ3) is 3.73. The quantitative estimate of drug-likeness (QED) is 0.835. The van der Waals surface area contributed by atoms with E-state index in [9.17, 15) is 9.59 Å². The zero-order chi connectivity index (χ0) is 17.1. The van der Waals surface area contributed by atoms with Gasteiger partial charge in [-0.15, -0.1) is 11.3 Å². The van der Waals surface area contributed by atoms with Crippen molar-refractivity contribution in [3.63, 3.8) is 0 Å². The molecule has 0 aliphatic heterocycles. The van der Waals surface area contributed by atoms with E-state index in [0.717, 1.165) is 10.4 Å². The van der Waals surface area contributed by atoms with Gasteiger partial charge in [0.05, 0.1) is 29.1 Å². The Morgan fingerprint density at radius 2 is 2.09 bits per heavy atom. The van der Waals surface area contributed by atoms with Crippen molar-refractivity contribution in [3.05, 3.63) is 32.9 Å². The second-order valence-corrected chi connectivity index (χ2v) is 6.62. The lowest BCUT2D eigenvalue weighted by atomic mass is 10.1. The number of halogens is 1. The smallest absolute Gasteiger partial charge is 0.341 e. The largest absolute Gasteiger partial charge is 0.462 e. The molecule has 2 aromatic rings. The molecule has 0 saturated heterocycles. The maximum absolute atomic E-state index is 12.2. The summed E-state index contributed by atoms with van der Waals surface area (Å²) in [4.78, 5) is 25.3. The van der Waals surface area contributed by atoms with Crippen LogP contribution in [0.1, 0.15) is 33.4 Å². The molecule has 8 heteroatoms. The highest BCUT2D eigenvalue weighted by atomic mass is 35.5. The second kappa shape index (κ2) is 7.14. The molecule has 6 nitrogen and oxygen atoms in total. The van der Waals surface area contributed by atoms with Gasteiger partial charge < -0.3 is 10.1 Å². The minimum Gasteiger partial charge on any atom is -0.462 e. The second-order valence-electron chi connectivity index (χ2n) is 4.99. The molecule has 0 fully saturated rings. The zero-order valence-corrected chi connectivity index (χ0v) is 15.0. The lowest BCUT2D eigenvalue weighted by Crippen LogP contribution is -2.21. The van der Waals surface area contributed by atoms with E-state index >= 15 is 0 Å². The first-order valence-electron chi connectivity index (χ1n) is 7.10. The molecular weight excluding hydrogens is 338 g/mol. The number of carbonyl (C=O) groups excluding carboxylic acids is 2. The fourth-order valence-electron chi connectivity index (χ4n) is 2.05.